The fourth-order valence-electron chi connectivity index (χ4n) is 4.92. The number of nitrogens with one attached hydrogen (secondary N) is 1. The minimum absolute atomic E-state index is 0.0542. The van der Waals surface area contributed by atoms with Gasteiger partial charge in [-0.15, -0.1) is 0 Å². The molecule has 5 rings (SSSR count). The van der Waals surface area contributed by atoms with Crippen LogP contribution < -0.4 is 5.32 Å². The van der Waals surface area contributed by atoms with Crippen molar-refractivity contribution in [1.82, 2.24) is 19.7 Å². The Balaban J connectivity index is 1.45. The van der Waals surface area contributed by atoms with E-state index in [1.54, 1.807) is 16.9 Å². The predicted octanol–water partition coefficient (Wildman–Crippen LogP) is 5.69. The molecule has 1 aliphatic heterocycles. The van der Waals surface area contributed by atoms with Gasteiger partial charge < -0.3 is 10.2 Å². The molecular weight excluding hydrogens is 450 g/mol. The minimum Gasteiger partial charge on any atom is -0.336 e. The highest BCUT2D eigenvalue weighted by atomic mass is 16.2. The van der Waals surface area contributed by atoms with E-state index in [-0.39, 0.29) is 17.9 Å². The average molecular weight is 482 g/mol. The number of amides is 2. The van der Waals surface area contributed by atoms with Crippen molar-refractivity contribution in [3.8, 4) is 11.3 Å². The molecule has 1 unspecified atom stereocenters. The van der Waals surface area contributed by atoms with Crippen LogP contribution in [0.5, 0.6) is 0 Å². The topological polar surface area (TPSA) is 80.1 Å². The van der Waals surface area contributed by atoms with Gasteiger partial charge in [-0.25, -0.2) is 9.67 Å². The molecule has 2 aromatic carbocycles. The van der Waals surface area contributed by atoms with Crippen molar-refractivity contribution < 1.29 is 9.59 Å². The van der Waals surface area contributed by atoms with E-state index in [9.17, 15) is 9.59 Å². The lowest BCUT2D eigenvalue weighted by Crippen LogP contribution is -2.42. The van der Waals surface area contributed by atoms with Crippen molar-refractivity contribution in [3.05, 3.63) is 77.5 Å². The number of anilines is 1. The van der Waals surface area contributed by atoms with Crippen LogP contribution in [0.4, 0.5) is 5.69 Å². The third kappa shape index (κ3) is 4.49. The average Bonchev–Trinajstić information content (AvgIpc) is 3.32. The molecule has 7 heteroatoms. The highest BCUT2D eigenvalue weighted by Crippen LogP contribution is 2.27. The lowest BCUT2D eigenvalue weighted by molar-refractivity contribution is 0.0635. The summed E-state index contributed by atoms with van der Waals surface area (Å²) in [6.45, 7) is 7.47. The Hall–Kier alpha value is -4.00. The van der Waals surface area contributed by atoms with Crippen molar-refractivity contribution >= 4 is 28.5 Å². The molecule has 184 valence electrons. The van der Waals surface area contributed by atoms with Gasteiger partial charge in [0, 0.05) is 35.9 Å². The number of carbonyl (C=O) groups is 2. The first kappa shape index (κ1) is 23.7. The van der Waals surface area contributed by atoms with Crippen molar-refractivity contribution in [3.63, 3.8) is 0 Å². The van der Waals surface area contributed by atoms with Gasteiger partial charge in [0.15, 0.2) is 5.65 Å². The number of piperidine rings is 1. The highest BCUT2D eigenvalue weighted by molar-refractivity contribution is 6.13. The summed E-state index contributed by atoms with van der Waals surface area (Å²) in [5, 5.41) is 8.19. The first-order chi connectivity index (χ1) is 17.5. The Morgan fingerprint density at radius 3 is 2.61 bits per heavy atom. The van der Waals surface area contributed by atoms with Crippen LogP contribution in [0.2, 0.25) is 0 Å². The summed E-state index contributed by atoms with van der Waals surface area (Å²) in [4.78, 5) is 33.4. The number of likely N-dealkylation sites (tertiary alicyclic amines) is 1. The van der Waals surface area contributed by atoms with Gasteiger partial charge in [-0.2, -0.15) is 5.10 Å². The van der Waals surface area contributed by atoms with E-state index < -0.39 is 0 Å². The second-order valence-electron chi connectivity index (χ2n) is 9.45. The number of fused-ring (bicyclic) bond motifs is 1. The Morgan fingerprint density at radius 2 is 1.89 bits per heavy atom. The van der Waals surface area contributed by atoms with Crippen LogP contribution in [-0.4, -0.2) is 44.1 Å². The molecule has 3 heterocycles. The number of aryl methyl sites for hydroxylation is 2. The maximum absolute atomic E-state index is 13.5. The van der Waals surface area contributed by atoms with Gasteiger partial charge in [0.25, 0.3) is 11.8 Å². The van der Waals surface area contributed by atoms with E-state index in [4.69, 9.17) is 4.98 Å². The Kier molecular flexibility index (Phi) is 6.55. The van der Waals surface area contributed by atoms with Crippen LogP contribution in [-0.2, 0) is 6.54 Å². The van der Waals surface area contributed by atoms with Crippen LogP contribution in [0.3, 0.4) is 0 Å². The minimum atomic E-state index is -0.234. The first-order valence-corrected chi connectivity index (χ1v) is 12.6. The molecule has 0 spiro atoms. The maximum atomic E-state index is 13.5. The lowest BCUT2D eigenvalue weighted by Gasteiger charge is -2.33. The molecule has 1 N–H and O–H groups in total. The number of hydrogen-bond donors (Lipinski definition) is 1. The number of benzene rings is 2. The molecule has 2 aromatic heterocycles. The van der Waals surface area contributed by atoms with E-state index in [2.05, 4.69) is 17.3 Å². The molecule has 0 radical (unpaired) electrons. The standard InChI is InChI=1S/C29H31N5O2/c1-4-34-27-24(18-30-34)23(17-26(31-27)21-11-6-5-7-12-21)28(35)32-25-14-13-22(16-19(25)2)29(36)33-15-9-8-10-20(33)3/h5-7,11-14,16-18,20H,4,8-10,15H2,1-3H3,(H,32,35). The fourth-order valence-corrected chi connectivity index (χ4v) is 4.92. The van der Waals surface area contributed by atoms with E-state index in [0.29, 0.717) is 34.4 Å². The molecule has 1 aliphatic rings. The van der Waals surface area contributed by atoms with E-state index in [1.807, 2.05) is 67.3 Å². The molecule has 2 amide bonds. The number of aromatic nitrogens is 3. The second kappa shape index (κ2) is 9.93. The summed E-state index contributed by atoms with van der Waals surface area (Å²) in [5.74, 6) is -0.180. The molecule has 0 saturated carbocycles. The second-order valence-corrected chi connectivity index (χ2v) is 9.45. The molecule has 1 fully saturated rings. The molecule has 4 aromatic rings. The smallest absolute Gasteiger partial charge is 0.256 e. The summed E-state index contributed by atoms with van der Waals surface area (Å²) in [5.41, 5.74) is 5.02. The monoisotopic (exact) mass is 481 g/mol. The van der Waals surface area contributed by atoms with Crippen molar-refractivity contribution in [2.75, 3.05) is 11.9 Å². The zero-order chi connectivity index (χ0) is 25.2. The zero-order valence-corrected chi connectivity index (χ0v) is 21.0. The van der Waals surface area contributed by atoms with Crippen molar-refractivity contribution in [1.29, 1.82) is 0 Å². The SMILES string of the molecule is CCn1ncc2c(C(=O)Nc3ccc(C(=O)N4CCCCC4C)cc3C)cc(-c3ccccc3)nc21. The van der Waals surface area contributed by atoms with Crippen LogP contribution in [0, 0.1) is 6.92 Å². The first-order valence-electron chi connectivity index (χ1n) is 12.6. The van der Waals surface area contributed by atoms with Gasteiger partial charge in [-0.3, -0.25) is 9.59 Å². The maximum Gasteiger partial charge on any atom is 0.256 e. The molecule has 0 bridgehead atoms. The third-order valence-electron chi connectivity index (χ3n) is 7.01. The van der Waals surface area contributed by atoms with Crippen LogP contribution >= 0.6 is 0 Å². The molecule has 1 atom stereocenters. The van der Waals surface area contributed by atoms with Crippen LogP contribution in [0.1, 0.15) is 59.4 Å². The van der Waals surface area contributed by atoms with Crippen molar-refractivity contribution in [2.45, 2.75) is 52.6 Å². The van der Waals surface area contributed by atoms with Crippen LogP contribution in [0.15, 0.2) is 60.8 Å². The van der Waals surface area contributed by atoms with E-state index in [1.165, 1.54) is 6.42 Å². The summed E-state index contributed by atoms with van der Waals surface area (Å²) in [6, 6.07) is 17.4. The highest BCUT2D eigenvalue weighted by Gasteiger charge is 2.25. The van der Waals surface area contributed by atoms with Gasteiger partial charge in [-0.05, 0) is 69.9 Å². The summed E-state index contributed by atoms with van der Waals surface area (Å²) < 4.78 is 1.80. The normalized spacial score (nSPS) is 15.8. The van der Waals surface area contributed by atoms with Gasteiger partial charge >= 0.3 is 0 Å². The molecular formula is C29H31N5O2. The fraction of sp³-hybridized carbons (Fsp3) is 0.310. The largest absolute Gasteiger partial charge is 0.336 e. The van der Waals surface area contributed by atoms with Gasteiger partial charge in [0.1, 0.15) is 0 Å². The number of hydrogen-bond acceptors (Lipinski definition) is 4. The van der Waals surface area contributed by atoms with Gasteiger partial charge in [0.2, 0.25) is 0 Å². The Bertz CT molecular complexity index is 1430. The quantitative estimate of drug-likeness (QED) is 0.397. The Labute approximate surface area is 211 Å². The summed E-state index contributed by atoms with van der Waals surface area (Å²) in [7, 11) is 0. The number of pyridine rings is 1. The molecule has 0 aliphatic carbocycles. The zero-order valence-electron chi connectivity index (χ0n) is 21.0. The number of rotatable bonds is 5. The van der Waals surface area contributed by atoms with E-state index >= 15 is 0 Å². The van der Waals surface area contributed by atoms with Gasteiger partial charge in [-0.1, -0.05) is 30.3 Å². The number of carbonyl (C=O) groups excluding carboxylic acids is 2. The van der Waals surface area contributed by atoms with Crippen LogP contribution in [0.25, 0.3) is 22.3 Å². The van der Waals surface area contributed by atoms with E-state index in [0.717, 1.165) is 36.2 Å². The number of nitrogens with zero attached hydrogens (tertiary/aromatic N) is 4. The third-order valence-corrected chi connectivity index (χ3v) is 7.01. The lowest BCUT2D eigenvalue weighted by atomic mass is 10.0. The summed E-state index contributed by atoms with van der Waals surface area (Å²) >= 11 is 0. The molecule has 36 heavy (non-hydrogen) atoms. The summed E-state index contributed by atoms with van der Waals surface area (Å²) in [6.07, 6.45) is 4.95. The van der Waals surface area contributed by atoms with Crippen molar-refractivity contribution in [2.24, 2.45) is 0 Å². The van der Waals surface area contributed by atoms with Gasteiger partial charge in [0.05, 0.1) is 22.8 Å². The Morgan fingerprint density at radius 1 is 1.08 bits per heavy atom. The predicted molar refractivity (Wildman–Crippen MR) is 142 cm³/mol. The molecule has 7 nitrogen and oxygen atoms in total. The molecule has 1 saturated heterocycles.